The fourth-order valence-electron chi connectivity index (χ4n) is 2.88. The average molecular weight is 465 g/mol. The van der Waals surface area contributed by atoms with E-state index in [0.717, 1.165) is 9.77 Å². The fourth-order valence-corrected chi connectivity index (χ4v) is 4.79. The van der Waals surface area contributed by atoms with E-state index >= 15 is 0 Å². The molecule has 1 aromatic heterocycles. The first-order valence-corrected chi connectivity index (χ1v) is 10.9. The molecule has 9 heteroatoms. The zero-order valence-electron chi connectivity index (χ0n) is 16.4. The molecule has 1 unspecified atom stereocenters. The minimum absolute atomic E-state index is 0.0647. The second kappa shape index (κ2) is 10.1. The molecule has 3 aromatic rings. The maximum atomic E-state index is 11.8. The average Bonchev–Trinajstić information content (AvgIpc) is 3.27. The molecule has 0 spiro atoms. The molecular weight excluding hydrogens is 444 g/mol. The van der Waals surface area contributed by atoms with Crippen molar-refractivity contribution >= 4 is 46.5 Å². The largest absolute Gasteiger partial charge is 0.493 e. The van der Waals surface area contributed by atoms with Crippen molar-refractivity contribution < 1.29 is 19.4 Å². The van der Waals surface area contributed by atoms with Crippen LogP contribution >= 0.6 is 34.9 Å². The fraction of sp³-hybridized carbons (Fsp3) is 0.190. The summed E-state index contributed by atoms with van der Waals surface area (Å²) in [5.74, 6) is 0.662. The molecule has 1 heterocycles. The highest BCUT2D eigenvalue weighted by atomic mass is 35.5. The molecule has 6 nitrogen and oxygen atoms in total. The van der Waals surface area contributed by atoms with Crippen LogP contribution in [-0.4, -0.2) is 31.8 Å². The van der Waals surface area contributed by atoms with Gasteiger partial charge in [-0.25, -0.2) is 0 Å². The molecule has 0 saturated heterocycles. The monoisotopic (exact) mass is 464 g/mol. The first-order valence-electron chi connectivity index (χ1n) is 8.89. The second-order valence-electron chi connectivity index (χ2n) is 6.23. The van der Waals surface area contributed by atoms with Crippen molar-refractivity contribution in [3.8, 4) is 11.5 Å². The number of nitrogens with zero attached hydrogens (tertiary/aromatic N) is 1. The quantitative estimate of drug-likeness (QED) is 0.453. The van der Waals surface area contributed by atoms with Gasteiger partial charge in [-0.3, -0.25) is 4.79 Å². The minimum Gasteiger partial charge on any atom is -0.493 e. The SMILES string of the molecule is COc1ccc(SN(CC(N)=O)c2ccc(Cl)cc2C(O)c2cccs2)cc1OC. The summed E-state index contributed by atoms with van der Waals surface area (Å²) in [7, 11) is 3.12. The third-order valence-corrected chi connectivity index (χ3v) is 6.41. The lowest BCUT2D eigenvalue weighted by molar-refractivity contribution is -0.116. The molecule has 3 N–H and O–H groups in total. The van der Waals surface area contributed by atoms with Crippen LogP contribution in [0.2, 0.25) is 5.02 Å². The van der Waals surface area contributed by atoms with Crippen LogP contribution in [0, 0.1) is 0 Å². The lowest BCUT2D eigenvalue weighted by Crippen LogP contribution is -2.29. The van der Waals surface area contributed by atoms with Gasteiger partial charge in [-0.15, -0.1) is 11.3 Å². The number of methoxy groups -OCH3 is 2. The highest BCUT2D eigenvalue weighted by Crippen LogP contribution is 2.40. The van der Waals surface area contributed by atoms with Crippen LogP contribution < -0.4 is 19.5 Å². The van der Waals surface area contributed by atoms with Crippen LogP contribution in [0.15, 0.2) is 58.8 Å². The van der Waals surface area contributed by atoms with Gasteiger partial charge in [0.05, 0.1) is 19.9 Å². The van der Waals surface area contributed by atoms with Gasteiger partial charge in [-0.05, 0) is 59.8 Å². The number of carbonyl (C=O) groups is 1. The van der Waals surface area contributed by atoms with Gasteiger partial charge in [-0.1, -0.05) is 17.7 Å². The molecule has 0 saturated carbocycles. The van der Waals surface area contributed by atoms with E-state index < -0.39 is 12.0 Å². The number of anilines is 1. The number of carbonyl (C=O) groups excluding carboxylic acids is 1. The number of amides is 1. The Hall–Kier alpha value is -2.39. The molecule has 1 amide bonds. The molecule has 30 heavy (non-hydrogen) atoms. The number of nitrogens with two attached hydrogens (primary N) is 1. The molecule has 0 bridgehead atoms. The molecule has 0 aliphatic carbocycles. The predicted octanol–water partition coefficient (Wildman–Crippen LogP) is 4.50. The van der Waals surface area contributed by atoms with Crippen LogP contribution in [0.25, 0.3) is 0 Å². The first-order chi connectivity index (χ1) is 14.4. The highest BCUT2D eigenvalue weighted by Gasteiger charge is 2.22. The van der Waals surface area contributed by atoms with Gasteiger partial charge < -0.3 is 24.6 Å². The maximum Gasteiger partial charge on any atom is 0.238 e. The summed E-state index contributed by atoms with van der Waals surface area (Å²) >= 11 is 8.95. The molecule has 0 aliphatic heterocycles. The van der Waals surface area contributed by atoms with Crippen LogP contribution in [0.1, 0.15) is 16.5 Å². The number of aliphatic hydroxyl groups excluding tert-OH is 1. The van der Waals surface area contributed by atoms with E-state index in [1.807, 2.05) is 29.6 Å². The van der Waals surface area contributed by atoms with Gasteiger partial charge in [0.25, 0.3) is 0 Å². The van der Waals surface area contributed by atoms with Crippen LogP contribution in [0.4, 0.5) is 5.69 Å². The number of halogens is 1. The van der Waals surface area contributed by atoms with Gasteiger partial charge in [0, 0.05) is 20.4 Å². The number of hydrogen-bond donors (Lipinski definition) is 2. The van der Waals surface area contributed by atoms with Crippen LogP contribution in [-0.2, 0) is 4.79 Å². The van der Waals surface area contributed by atoms with Gasteiger partial charge >= 0.3 is 0 Å². The molecule has 0 aliphatic rings. The molecule has 1 atom stereocenters. The third-order valence-electron chi connectivity index (χ3n) is 4.24. The summed E-state index contributed by atoms with van der Waals surface area (Å²) in [4.78, 5) is 13.4. The van der Waals surface area contributed by atoms with Gasteiger partial charge in [-0.2, -0.15) is 0 Å². The smallest absolute Gasteiger partial charge is 0.238 e. The lowest BCUT2D eigenvalue weighted by atomic mass is 10.1. The van der Waals surface area contributed by atoms with Gasteiger partial charge in [0.1, 0.15) is 12.6 Å². The van der Waals surface area contributed by atoms with Crippen LogP contribution in [0.3, 0.4) is 0 Å². The molecule has 158 valence electrons. The van der Waals surface area contributed by atoms with Gasteiger partial charge in [0.15, 0.2) is 11.5 Å². The van der Waals surface area contributed by atoms with Crippen molar-refractivity contribution in [1.29, 1.82) is 0 Å². The number of benzene rings is 2. The standard InChI is InChI=1S/C21H21ClN2O4S2/c1-27-17-8-6-14(11-18(17)28-2)30-24(12-20(23)25)16-7-5-13(22)10-15(16)21(26)19-4-3-9-29-19/h3-11,21,26H,12H2,1-2H3,(H2,23,25). The number of primary amides is 1. The molecular formula is C21H21ClN2O4S2. The molecule has 0 fully saturated rings. The second-order valence-corrected chi connectivity index (χ2v) is 8.74. The Morgan fingerprint density at radius 3 is 2.60 bits per heavy atom. The number of thiophene rings is 1. The Kier molecular flexibility index (Phi) is 7.49. The van der Waals surface area contributed by atoms with E-state index in [1.54, 1.807) is 42.8 Å². The topological polar surface area (TPSA) is 85.0 Å². The summed E-state index contributed by atoms with van der Waals surface area (Å²) in [5.41, 5.74) is 6.73. The first kappa shape index (κ1) is 22.3. The van der Waals surface area contributed by atoms with Crippen LogP contribution in [0.5, 0.6) is 11.5 Å². The predicted molar refractivity (Wildman–Crippen MR) is 122 cm³/mol. The third kappa shape index (κ3) is 5.20. The Morgan fingerprint density at radius 2 is 1.97 bits per heavy atom. The molecule has 0 radical (unpaired) electrons. The zero-order valence-corrected chi connectivity index (χ0v) is 18.8. The van der Waals surface area contributed by atoms with Crippen molar-refractivity contribution in [2.24, 2.45) is 5.73 Å². The zero-order chi connectivity index (χ0) is 21.7. The Balaban J connectivity index is 2.01. The number of rotatable bonds is 9. The molecule has 3 rings (SSSR count). The number of ether oxygens (including phenoxy) is 2. The Morgan fingerprint density at radius 1 is 1.20 bits per heavy atom. The summed E-state index contributed by atoms with van der Waals surface area (Å²) < 4.78 is 12.4. The van der Waals surface area contributed by atoms with Crippen molar-refractivity contribution in [3.05, 3.63) is 69.4 Å². The van der Waals surface area contributed by atoms with E-state index in [0.29, 0.717) is 27.8 Å². The maximum absolute atomic E-state index is 11.8. The lowest BCUT2D eigenvalue weighted by Gasteiger charge is -2.26. The van der Waals surface area contributed by atoms with E-state index in [-0.39, 0.29) is 6.54 Å². The van der Waals surface area contributed by atoms with E-state index in [9.17, 15) is 9.90 Å². The van der Waals surface area contributed by atoms with Gasteiger partial charge in [0.2, 0.25) is 5.91 Å². The van der Waals surface area contributed by atoms with E-state index in [4.69, 9.17) is 26.8 Å². The van der Waals surface area contributed by atoms with Crippen molar-refractivity contribution in [2.45, 2.75) is 11.0 Å². The number of aliphatic hydroxyl groups is 1. The summed E-state index contributed by atoms with van der Waals surface area (Å²) in [5, 5.41) is 13.3. The molecule has 2 aromatic carbocycles. The summed E-state index contributed by atoms with van der Waals surface area (Å²) in [6.07, 6.45) is -0.889. The highest BCUT2D eigenvalue weighted by molar-refractivity contribution is 8.00. The van der Waals surface area contributed by atoms with Crippen molar-refractivity contribution in [3.63, 3.8) is 0 Å². The Labute approximate surface area is 188 Å². The Bertz CT molecular complexity index is 1010. The minimum atomic E-state index is -0.889. The summed E-state index contributed by atoms with van der Waals surface area (Å²) in [6, 6.07) is 14.3. The van der Waals surface area contributed by atoms with Crippen molar-refractivity contribution in [2.75, 3.05) is 25.1 Å². The van der Waals surface area contributed by atoms with E-state index in [2.05, 4.69) is 0 Å². The normalized spacial score (nSPS) is 11.7. The summed E-state index contributed by atoms with van der Waals surface area (Å²) in [6.45, 7) is -0.0647. The van der Waals surface area contributed by atoms with Crippen molar-refractivity contribution in [1.82, 2.24) is 0 Å². The number of hydrogen-bond acceptors (Lipinski definition) is 7. The van der Waals surface area contributed by atoms with E-state index in [1.165, 1.54) is 23.3 Å².